The Labute approximate surface area is 151 Å². The standard InChI is InChI=1S/C19H32N4O2/c1-16(23-11-13-24-15-17(23)2)14-22-19(20-3)21-10-7-12-25-18-8-5-4-6-9-18/h4-6,8-9,16-17H,7,10-15H2,1-3H3,(H2,20,21,22). The molecule has 2 atom stereocenters. The summed E-state index contributed by atoms with van der Waals surface area (Å²) in [5, 5.41) is 6.75. The maximum atomic E-state index is 5.69. The number of morpholine rings is 1. The highest BCUT2D eigenvalue weighted by Crippen LogP contribution is 2.10. The molecule has 0 radical (unpaired) electrons. The van der Waals surface area contributed by atoms with Crippen molar-refractivity contribution in [3.8, 4) is 5.75 Å². The summed E-state index contributed by atoms with van der Waals surface area (Å²) in [4.78, 5) is 6.77. The van der Waals surface area contributed by atoms with Crippen LogP contribution in [0.3, 0.4) is 0 Å². The maximum Gasteiger partial charge on any atom is 0.191 e. The van der Waals surface area contributed by atoms with Crippen LogP contribution < -0.4 is 15.4 Å². The molecule has 6 heteroatoms. The minimum absolute atomic E-state index is 0.443. The predicted molar refractivity (Wildman–Crippen MR) is 102 cm³/mol. The molecule has 1 aromatic rings. The van der Waals surface area contributed by atoms with Crippen molar-refractivity contribution in [3.05, 3.63) is 30.3 Å². The lowest BCUT2D eigenvalue weighted by Gasteiger charge is -2.38. The van der Waals surface area contributed by atoms with Gasteiger partial charge < -0.3 is 20.1 Å². The highest BCUT2D eigenvalue weighted by Gasteiger charge is 2.23. The predicted octanol–water partition coefficient (Wildman–Crippen LogP) is 1.73. The molecule has 0 bridgehead atoms. The van der Waals surface area contributed by atoms with Gasteiger partial charge >= 0.3 is 0 Å². The molecule has 140 valence electrons. The molecule has 25 heavy (non-hydrogen) atoms. The Hall–Kier alpha value is -1.79. The summed E-state index contributed by atoms with van der Waals surface area (Å²) >= 11 is 0. The van der Waals surface area contributed by atoms with E-state index in [9.17, 15) is 0 Å². The molecule has 0 spiro atoms. The molecule has 2 rings (SSSR count). The van der Waals surface area contributed by atoms with Gasteiger partial charge in [-0.05, 0) is 32.4 Å². The van der Waals surface area contributed by atoms with Crippen LogP contribution >= 0.6 is 0 Å². The number of hydrogen-bond donors (Lipinski definition) is 2. The Kier molecular flexibility index (Phi) is 8.55. The van der Waals surface area contributed by atoms with E-state index in [1.165, 1.54) is 0 Å². The van der Waals surface area contributed by atoms with Gasteiger partial charge in [0, 0.05) is 38.8 Å². The van der Waals surface area contributed by atoms with Crippen LogP contribution in [0, 0.1) is 0 Å². The first-order valence-corrected chi connectivity index (χ1v) is 9.16. The number of guanidine groups is 1. The van der Waals surface area contributed by atoms with E-state index < -0.39 is 0 Å². The summed E-state index contributed by atoms with van der Waals surface area (Å²) in [7, 11) is 1.80. The normalized spacial score (nSPS) is 20.1. The molecule has 1 aliphatic heterocycles. The van der Waals surface area contributed by atoms with Crippen molar-refractivity contribution in [1.82, 2.24) is 15.5 Å². The number of nitrogens with one attached hydrogen (secondary N) is 2. The summed E-state index contributed by atoms with van der Waals surface area (Å²) in [6, 6.07) is 10.8. The van der Waals surface area contributed by atoms with E-state index >= 15 is 0 Å². The quantitative estimate of drug-likeness (QED) is 0.426. The molecule has 0 saturated carbocycles. The fraction of sp³-hybridized carbons (Fsp3) is 0.632. The summed E-state index contributed by atoms with van der Waals surface area (Å²) in [5.41, 5.74) is 0. The highest BCUT2D eigenvalue weighted by molar-refractivity contribution is 5.79. The Balaban J connectivity index is 1.60. The molecule has 0 aliphatic carbocycles. The van der Waals surface area contributed by atoms with E-state index in [1.807, 2.05) is 30.3 Å². The van der Waals surface area contributed by atoms with Crippen LogP contribution in [0.5, 0.6) is 5.75 Å². The number of rotatable bonds is 8. The van der Waals surface area contributed by atoms with Gasteiger partial charge in [-0.1, -0.05) is 18.2 Å². The second-order valence-electron chi connectivity index (χ2n) is 6.41. The van der Waals surface area contributed by atoms with E-state index in [0.29, 0.717) is 18.7 Å². The molecule has 0 amide bonds. The summed E-state index contributed by atoms with van der Waals surface area (Å²) in [5.74, 6) is 1.76. The summed E-state index contributed by atoms with van der Waals surface area (Å²) in [6.45, 7) is 9.48. The zero-order valence-corrected chi connectivity index (χ0v) is 15.7. The lowest BCUT2D eigenvalue weighted by molar-refractivity contribution is -0.0174. The van der Waals surface area contributed by atoms with Gasteiger partial charge in [-0.3, -0.25) is 9.89 Å². The van der Waals surface area contributed by atoms with Crippen LogP contribution in [0.2, 0.25) is 0 Å². The van der Waals surface area contributed by atoms with Crippen molar-refractivity contribution in [2.45, 2.75) is 32.4 Å². The molecular weight excluding hydrogens is 316 g/mol. The molecule has 1 saturated heterocycles. The number of nitrogens with zero attached hydrogens (tertiary/aromatic N) is 2. The van der Waals surface area contributed by atoms with Crippen LogP contribution in [0.15, 0.2) is 35.3 Å². The summed E-state index contributed by atoms with van der Waals surface area (Å²) < 4.78 is 11.2. The number of hydrogen-bond acceptors (Lipinski definition) is 4. The van der Waals surface area contributed by atoms with Gasteiger partial charge in [0.1, 0.15) is 5.75 Å². The van der Waals surface area contributed by atoms with E-state index in [4.69, 9.17) is 9.47 Å². The average molecular weight is 348 g/mol. The average Bonchev–Trinajstić information content (AvgIpc) is 2.65. The van der Waals surface area contributed by atoms with Gasteiger partial charge in [0.25, 0.3) is 0 Å². The van der Waals surface area contributed by atoms with Crippen LogP contribution in [0.4, 0.5) is 0 Å². The Bertz CT molecular complexity index is 509. The number of ether oxygens (including phenoxy) is 2. The van der Waals surface area contributed by atoms with E-state index in [0.717, 1.165) is 51.0 Å². The van der Waals surface area contributed by atoms with Crippen molar-refractivity contribution >= 4 is 5.96 Å². The molecule has 1 aliphatic rings. The zero-order valence-electron chi connectivity index (χ0n) is 15.7. The van der Waals surface area contributed by atoms with Crippen LogP contribution in [0.1, 0.15) is 20.3 Å². The van der Waals surface area contributed by atoms with Gasteiger partial charge in [-0.15, -0.1) is 0 Å². The van der Waals surface area contributed by atoms with E-state index in [1.54, 1.807) is 7.05 Å². The van der Waals surface area contributed by atoms with Gasteiger partial charge in [0.2, 0.25) is 0 Å². The Morgan fingerprint density at radius 1 is 1.36 bits per heavy atom. The number of para-hydroxylation sites is 1. The van der Waals surface area contributed by atoms with E-state index in [2.05, 4.69) is 34.4 Å². The fourth-order valence-corrected chi connectivity index (χ4v) is 2.96. The van der Waals surface area contributed by atoms with Crippen molar-refractivity contribution in [3.63, 3.8) is 0 Å². The molecular formula is C19H32N4O2. The minimum Gasteiger partial charge on any atom is -0.494 e. The summed E-state index contributed by atoms with van der Waals surface area (Å²) in [6.07, 6.45) is 0.922. The molecule has 1 fully saturated rings. The van der Waals surface area contributed by atoms with E-state index in [-0.39, 0.29) is 0 Å². The van der Waals surface area contributed by atoms with Crippen LogP contribution in [0.25, 0.3) is 0 Å². The molecule has 6 nitrogen and oxygen atoms in total. The third-order valence-electron chi connectivity index (χ3n) is 4.40. The van der Waals surface area contributed by atoms with Crippen LogP contribution in [-0.2, 0) is 4.74 Å². The molecule has 2 unspecified atom stereocenters. The van der Waals surface area contributed by atoms with Crippen LogP contribution in [-0.4, -0.2) is 69.4 Å². The third-order valence-corrected chi connectivity index (χ3v) is 4.40. The number of benzene rings is 1. The maximum absolute atomic E-state index is 5.69. The Morgan fingerprint density at radius 3 is 2.88 bits per heavy atom. The van der Waals surface area contributed by atoms with Gasteiger partial charge in [-0.25, -0.2) is 0 Å². The molecule has 1 aromatic carbocycles. The zero-order chi connectivity index (χ0) is 17.9. The van der Waals surface area contributed by atoms with Gasteiger partial charge in [0.15, 0.2) is 5.96 Å². The lowest BCUT2D eigenvalue weighted by atomic mass is 10.2. The van der Waals surface area contributed by atoms with Crippen molar-refractivity contribution in [2.75, 3.05) is 46.5 Å². The molecule has 2 N–H and O–H groups in total. The highest BCUT2D eigenvalue weighted by atomic mass is 16.5. The smallest absolute Gasteiger partial charge is 0.191 e. The first kappa shape index (κ1) is 19.5. The minimum atomic E-state index is 0.443. The van der Waals surface area contributed by atoms with Crippen molar-refractivity contribution in [2.24, 2.45) is 4.99 Å². The second-order valence-corrected chi connectivity index (χ2v) is 6.41. The first-order valence-electron chi connectivity index (χ1n) is 9.16. The molecule has 1 heterocycles. The fourth-order valence-electron chi connectivity index (χ4n) is 2.96. The Morgan fingerprint density at radius 2 is 2.16 bits per heavy atom. The first-order chi connectivity index (χ1) is 12.2. The second kappa shape index (κ2) is 10.9. The van der Waals surface area contributed by atoms with Crippen molar-refractivity contribution in [1.29, 1.82) is 0 Å². The largest absolute Gasteiger partial charge is 0.494 e. The lowest BCUT2D eigenvalue weighted by Crippen LogP contribution is -2.53. The molecule has 0 aromatic heterocycles. The SMILES string of the molecule is CN=C(NCCCOc1ccccc1)NCC(C)N1CCOCC1C. The third kappa shape index (κ3) is 6.92. The topological polar surface area (TPSA) is 58.1 Å². The monoisotopic (exact) mass is 348 g/mol. The van der Waals surface area contributed by atoms with Gasteiger partial charge in [-0.2, -0.15) is 0 Å². The van der Waals surface area contributed by atoms with Gasteiger partial charge in [0.05, 0.1) is 19.8 Å². The number of aliphatic imine (C=N–C) groups is 1. The van der Waals surface area contributed by atoms with Crippen molar-refractivity contribution < 1.29 is 9.47 Å².